The fraction of sp³-hybridized carbons (Fsp3) is 0.250. The van der Waals surface area contributed by atoms with E-state index in [9.17, 15) is 8.42 Å². The Balaban J connectivity index is 2.68. The largest absolute Gasteiger partial charge is 0.218 e. The lowest BCUT2D eigenvalue weighted by Crippen LogP contribution is -2.08. The first kappa shape index (κ1) is 16.3. The zero-order chi connectivity index (χ0) is 15.6. The third kappa shape index (κ3) is 3.25. The van der Waals surface area contributed by atoms with Crippen LogP contribution in [0.15, 0.2) is 46.2 Å². The smallest absolute Gasteiger partial charge is 0.207 e. The Morgan fingerprint density at radius 2 is 1.19 bits per heavy atom. The lowest BCUT2D eigenvalue weighted by atomic mass is 10.1. The van der Waals surface area contributed by atoms with Gasteiger partial charge in [-0.15, -0.1) is 23.2 Å². The number of alkyl halides is 2. The third-order valence-corrected chi connectivity index (χ3v) is 5.83. The first-order valence-corrected chi connectivity index (χ1v) is 9.01. The predicted octanol–water partition coefficient (Wildman–Crippen LogP) is 4.61. The Hall–Kier alpha value is -1.03. The molecule has 0 radical (unpaired) electrons. The van der Waals surface area contributed by atoms with Crippen LogP contribution in [0.3, 0.4) is 0 Å². The van der Waals surface area contributed by atoms with Crippen molar-refractivity contribution in [2.75, 3.05) is 0 Å². The van der Waals surface area contributed by atoms with Crippen LogP contribution in [0.1, 0.15) is 22.3 Å². The quantitative estimate of drug-likeness (QED) is 0.760. The molecule has 0 aliphatic rings. The molecule has 0 saturated carbocycles. The summed E-state index contributed by atoms with van der Waals surface area (Å²) in [5, 5.41) is 0. The van der Waals surface area contributed by atoms with Gasteiger partial charge in [-0.3, -0.25) is 0 Å². The average molecular weight is 343 g/mol. The molecule has 0 atom stereocenters. The van der Waals surface area contributed by atoms with Gasteiger partial charge in [-0.2, -0.15) is 0 Å². The lowest BCUT2D eigenvalue weighted by molar-refractivity contribution is 0.594. The van der Waals surface area contributed by atoms with E-state index in [0.29, 0.717) is 11.1 Å². The van der Waals surface area contributed by atoms with Crippen molar-refractivity contribution in [3.05, 3.63) is 58.7 Å². The number of halogens is 2. The number of hydrogen-bond acceptors (Lipinski definition) is 2. The molecule has 0 fully saturated rings. The maximum atomic E-state index is 12.9. The highest BCUT2D eigenvalue weighted by atomic mass is 35.5. The van der Waals surface area contributed by atoms with Crippen LogP contribution >= 0.6 is 23.2 Å². The van der Waals surface area contributed by atoms with Crippen LogP contribution in [-0.4, -0.2) is 8.42 Å². The number of rotatable bonds is 4. The van der Waals surface area contributed by atoms with E-state index in [1.54, 1.807) is 36.4 Å². The van der Waals surface area contributed by atoms with Crippen molar-refractivity contribution < 1.29 is 8.42 Å². The Kier molecular flexibility index (Phi) is 4.97. The van der Waals surface area contributed by atoms with Gasteiger partial charge in [0.05, 0.1) is 9.79 Å². The van der Waals surface area contributed by atoms with Gasteiger partial charge in [0.2, 0.25) is 9.84 Å². The van der Waals surface area contributed by atoms with Crippen LogP contribution in [0.25, 0.3) is 0 Å². The van der Waals surface area contributed by atoms with Crippen molar-refractivity contribution in [3.63, 3.8) is 0 Å². The average Bonchev–Trinajstić information content (AvgIpc) is 2.46. The van der Waals surface area contributed by atoms with Crippen molar-refractivity contribution >= 4 is 33.0 Å². The summed E-state index contributed by atoms with van der Waals surface area (Å²) in [4.78, 5) is 0.497. The summed E-state index contributed by atoms with van der Waals surface area (Å²) >= 11 is 11.8. The predicted molar refractivity (Wildman–Crippen MR) is 86.9 cm³/mol. The molecule has 0 bridgehead atoms. The highest BCUT2D eigenvalue weighted by Gasteiger charge is 2.23. The maximum absolute atomic E-state index is 12.9. The summed E-state index contributed by atoms with van der Waals surface area (Å²) in [5.41, 5.74) is 3.17. The van der Waals surface area contributed by atoms with Crippen LogP contribution in [-0.2, 0) is 21.6 Å². The summed E-state index contributed by atoms with van der Waals surface area (Å²) in [5.74, 6) is 0.302. The minimum atomic E-state index is -3.63. The molecule has 21 heavy (non-hydrogen) atoms. The Bertz CT molecular complexity index is 708. The van der Waals surface area contributed by atoms with Gasteiger partial charge < -0.3 is 0 Å². The zero-order valence-corrected chi connectivity index (χ0v) is 14.2. The van der Waals surface area contributed by atoms with Crippen LogP contribution in [0.5, 0.6) is 0 Å². The van der Waals surface area contributed by atoms with E-state index in [2.05, 4.69) is 0 Å². The second-order valence-corrected chi connectivity index (χ2v) is 7.41. The van der Waals surface area contributed by atoms with Gasteiger partial charge in [0.1, 0.15) is 0 Å². The summed E-state index contributed by atoms with van der Waals surface area (Å²) in [6.45, 7) is 3.81. The van der Waals surface area contributed by atoms with Crippen molar-refractivity contribution in [1.29, 1.82) is 0 Å². The molecule has 0 amide bonds. The Morgan fingerprint density at radius 1 is 0.810 bits per heavy atom. The van der Waals surface area contributed by atoms with E-state index in [1.807, 2.05) is 13.8 Å². The molecule has 5 heteroatoms. The minimum absolute atomic E-state index is 0.151. The number of aryl methyl sites for hydroxylation is 2. The normalized spacial score (nSPS) is 11.6. The molecule has 0 aromatic heterocycles. The van der Waals surface area contributed by atoms with E-state index >= 15 is 0 Å². The summed E-state index contributed by atoms with van der Waals surface area (Å²) < 4.78 is 25.8. The van der Waals surface area contributed by atoms with Crippen LogP contribution in [0.2, 0.25) is 0 Å². The van der Waals surface area contributed by atoms with Crippen LogP contribution in [0.4, 0.5) is 0 Å². The topological polar surface area (TPSA) is 34.1 Å². The van der Waals surface area contributed by atoms with Gasteiger partial charge in [-0.1, -0.05) is 35.4 Å². The molecule has 0 aliphatic heterocycles. The molecule has 2 rings (SSSR count). The summed E-state index contributed by atoms with van der Waals surface area (Å²) in [6.07, 6.45) is 0. The van der Waals surface area contributed by atoms with Gasteiger partial charge in [0.25, 0.3) is 0 Å². The van der Waals surface area contributed by atoms with Crippen molar-refractivity contribution in [2.45, 2.75) is 35.4 Å². The molecule has 2 aromatic rings. The minimum Gasteiger partial charge on any atom is -0.218 e. The van der Waals surface area contributed by atoms with Gasteiger partial charge in [-0.05, 0) is 37.1 Å². The first-order chi connectivity index (χ1) is 9.90. The van der Waals surface area contributed by atoms with Gasteiger partial charge >= 0.3 is 0 Å². The molecule has 0 N–H and O–H groups in total. The molecule has 0 heterocycles. The van der Waals surface area contributed by atoms with Gasteiger partial charge in [0.15, 0.2) is 0 Å². The second-order valence-electron chi connectivity index (χ2n) is 4.99. The fourth-order valence-corrected chi connectivity index (χ4v) is 4.55. The highest BCUT2D eigenvalue weighted by Crippen LogP contribution is 2.29. The highest BCUT2D eigenvalue weighted by molar-refractivity contribution is 7.91. The number of hydrogen-bond donors (Lipinski definition) is 0. The standard InChI is InChI=1S/C16H16Cl2O2S/c1-11-3-5-15(13(7-11)9-17)21(19,20)16-6-4-12(2)8-14(16)10-18/h3-8H,9-10H2,1-2H3. The van der Waals surface area contributed by atoms with Crippen molar-refractivity contribution in [1.82, 2.24) is 0 Å². The van der Waals surface area contributed by atoms with E-state index in [1.165, 1.54) is 0 Å². The van der Waals surface area contributed by atoms with Gasteiger partial charge in [-0.25, -0.2) is 8.42 Å². The summed E-state index contributed by atoms with van der Waals surface area (Å²) in [6, 6.07) is 10.4. The molecular weight excluding hydrogens is 327 g/mol. The van der Waals surface area contributed by atoms with Crippen molar-refractivity contribution in [2.24, 2.45) is 0 Å². The molecular formula is C16H16Cl2O2S. The Labute approximate surface area is 135 Å². The summed E-state index contributed by atoms with van der Waals surface area (Å²) in [7, 11) is -3.63. The number of sulfone groups is 1. The molecule has 0 unspecified atom stereocenters. The van der Waals surface area contributed by atoms with Crippen LogP contribution in [0, 0.1) is 13.8 Å². The Morgan fingerprint density at radius 3 is 1.52 bits per heavy atom. The zero-order valence-electron chi connectivity index (χ0n) is 11.9. The molecule has 2 aromatic carbocycles. The van der Waals surface area contributed by atoms with Gasteiger partial charge in [0, 0.05) is 11.8 Å². The van der Waals surface area contributed by atoms with E-state index in [0.717, 1.165) is 11.1 Å². The number of benzene rings is 2. The third-order valence-electron chi connectivity index (χ3n) is 3.30. The fourth-order valence-electron chi connectivity index (χ4n) is 2.27. The van der Waals surface area contributed by atoms with E-state index in [4.69, 9.17) is 23.2 Å². The lowest BCUT2D eigenvalue weighted by Gasteiger charge is -2.13. The van der Waals surface area contributed by atoms with E-state index < -0.39 is 9.84 Å². The van der Waals surface area contributed by atoms with Crippen LogP contribution < -0.4 is 0 Å². The molecule has 0 aliphatic carbocycles. The molecule has 0 spiro atoms. The maximum Gasteiger partial charge on any atom is 0.207 e. The first-order valence-electron chi connectivity index (χ1n) is 6.46. The monoisotopic (exact) mass is 342 g/mol. The second kappa shape index (κ2) is 6.39. The SMILES string of the molecule is Cc1ccc(S(=O)(=O)c2ccc(C)cc2CCl)c(CCl)c1. The van der Waals surface area contributed by atoms with E-state index in [-0.39, 0.29) is 21.6 Å². The molecule has 0 saturated heterocycles. The molecule has 2 nitrogen and oxygen atoms in total. The molecule has 112 valence electrons. The van der Waals surface area contributed by atoms with Crippen molar-refractivity contribution in [3.8, 4) is 0 Å².